The lowest BCUT2D eigenvalue weighted by atomic mass is 9.80. The summed E-state index contributed by atoms with van der Waals surface area (Å²) in [6.07, 6.45) is 12.9. The molecular weight excluding hydrogens is 1070 g/mol. The maximum absolute atomic E-state index is 6.99. The molecule has 0 spiro atoms. The molecule has 5 heterocycles. The van der Waals surface area contributed by atoms with Gasteiger partial charge >= 0.3 is 0 Å². The van der Waals surface area contributed by atoms with Gasteiger partial charge < -0.3 is 28.4 Å². The molecule has 0 radical (unpaired) electrons. The zero-order chi connectivity index (χ0) is 58.7. The topological polar surface area (TPSA) is 49.2 Å². The van der Waals surface area contributed by atoms with Crippen LogP contribution in [-0.4, -0.2) is 4.40 Å². The van der Waals surface area contributed by atoms with Crippen molar-refractivity contribution < 1.29 is 8.83 Å². The Kier molecular flexibility index (Phi) is 11.8. The quantitative estimate of drug-likeness (QED) is 0.124. The van der Waals surface area contributed by atoms with Crippen molar-refractivity contribution in [1.82, 2.24) is 4.40 Å². The molecule has 1 N–H and O–H groups in total. The van der Waals surface area contributed by atoms with E-state index in [1.807, 2.05) is 18.2 Å². The molecule has 1 atom stereocenters. The van der Waals surface area contributed by atoms with E-state index in [9.17, 15) is 0 Å². The van der Waals surface area contributed by atoms with Gasteiger partial charge in [-0.1, -0.05) is 215 Å². The van der Waals surface area contributed by atoms with Crippen molar-refractivity contribution in [2.75, 3.05) is 15.1 Å². The summed E-state index contributed by atoms with van der Waals surface area (Å²) < 4.78 is 16.5. The summed E-state index contributed by atoms with van der Waals surface area (Å²) in [6, 6.07) is 82.1. The number of allylic oxidation sites excluding steroid dienone is 7. The third-order valence-corrected chi connectivity index (χ3v) is 18.7. The average molecular weight is 1130 g/mol. The molecule has 2 aliphatic rings. The van der Waals surface area contributed by atoms with E-state index in [4.69, 9.17) is 8.83 Å². The van der Waals surface area contributed by atoms with Crippen LogP contribution in [0.1, 0.15) is 42.9 Å². The Morgan fingerprint density at radius 1 is 0.511 bits per heavy atom. The van der Waals surface area contributed by atoms with Gasteiger partial charge in [0.25, 0.3) is 0 Å². The minimum atomic E-state index is -0.0107. The molecule has 15 aromatic rings. The number of anilines is 5. The Bertz CT molecular complexity index is 5460. The van der Waals surface area contributed by atoms with Crippen molar-refractivity contribution in [3.8, 4) is 33.4 Å². The van der Waals surface area contributed by atoms with E-state index >= 15 is 0 Å². The van der Waals surface area contributed by atoms with E-state index in [-0.39, 0.29) is 5.92 Å². The van der Waals surface area contributed by atoms with Gasteiger partial charge in [0.15, 0.2) is 11.2 Å². The van der Waals surface area contributed by atoms with Gasteiger partial charge in [0.05, 0.1) is 33.6 Å². The number of aromatic nitrogens is 1. The lowest BCUT2D eigenvalue weighted by Crippen LogP contribution is -2.24. The molecule has 4 aromatic heterocycles. The molecule has 1 aliphatic heterocycles. The van der Waals surface area contributed by atoms with Gasteiger partial charge in [-0.25, -0.2) is 0 Å². The second-order valence-electron chi connectivity index (χ2n) is 23.3. The molecule has 6 heteroatoms. The Morgan fingerprint density at radius 3 is 1.76 bits per heavy atom. The largest absolute Gasteiger partial charge is 0.454 e. The molecule has 1 aliphatic carbocycles. The number of hydrogen-bond donors (Lipinski definition) is 1. The molecule has 17 rings (SSSR count). The SMILES string of the molecule is C=C/C=C(\C=C)N(c1ccc2c(c1)c1cccc3c4c(-c5ccccc5)c5c(c(-c6ccccc6)c4n2c13)-c1cccc(c1)C1CC(N(c2ccccc2)c2cccc3c2oc2c(CC)cccc23)=CC=C1N5)c1cccc2c1oc1c(CC)cccc12. The summed E-state index contributed by atoms with van der Waals surface area (Å²) in [4.78, 5) is 4.70. The van der Waals surface area contributed by atoms with E-state index in [1.165, 1.54) is 60.7 Å². The molecule has 420 valence electrons. The summed E-state index contributed by atoms with van der Waals surface area (Å²) in [5, 5.41) is 13.5. The maximum Gasteiger partial charge on any atom is 0.159 e. The molecular formula is C82H60N4O2. The second kappa shape index (κ2) is 20.3. The summed E-state index contributed by atoms with van der Waals surface area (Å²) in [5.41, 5.74) is 26.0. The van der Waals surface area contributed by atoms with Crippen LogP contribution in [0.3, 0.4) is 0 Å². The van der Waals surface area contributed by atoms with Crippen LogP contribution in [0.5, 0.6) is 0 Å². The summed E-state index contributed by atoms with van der Waals surface area (Å²) in [5.74, 6) is -0.0107. The zero-order valence-corrected chi connectivity index (χ0v) is 49.0. The summed E-state index contributed by atoms with van der Waals surface area (Å²) >= 11 is 0. The first-order chi connectivity index (χ1) is 43.5. The molecule has 0 saturated carbocycles. The Balaban J connectivity index is 0.912. The lowest BCUT2D eigenvalue weighted by molar-refractivity contribution is 0.662. The standard InChI is InChI=1S/C82H60N4O2/c1-5-24-56(8-4)84(70-41-22-38-63-61-36-19-29-50(6-2)79(61)87-81(63)70)59-44-46-69-67(49-59)60-35-21-40-65-75-72(52-25-12-9-13-26-52)76-73(74(53-27-14-10-15-28-53)78(75)86(69)77(60)65)55-32-18-31-54(47-55)66-48-58(43-45-68(66)83-76)85(57-33-16-11-17-34-57)71-42-23-39-64-62-37-20-30-51(7-3)80(62)88-82(64)71/h5,8-47,49,66,83H,1,4,6-7,48H2,2-3H3/b56-24+. The van der Waals surface area contributed by atoms with Gasteiger partial charge in [-0.3, -0.25) is 0 Å². The lowest BCUT2D eigenvalue weighted by Gasteiger charge is -2.36. The third kappa shape index (κ3) is 7.61. The molecule has 0 saturated heterocycles. The summed E-state index contributed by atoms with van der Waals surface area (Å²) in [7, 11) is 0. The number of nitrogens with one attached hydrogen (secondary N) is 1. The van der Waals surface area contributed by atoms with Crippen LogP contribution in [0.15, 0.2) is 294 Å². The predicted octanol–water partition coefficient (Wildman–Crippen LogP) is 22.7. The predicted molar refractivity (Wildman–Crippen MR) is 370 cm³/mol. The number of nitrogens with zero attached hydrogens (tertiary/aromatic N) is 3. The van der Waals surface area contributed by atoms with E-state index in [0.29, 0.717) is 0 Å². The van der Waals surface area contributed by atoms with E-state index < -0.39 is 0 Å². The Labute approximate surface area is 510 Å². The molecule has 88 heavy (non-hydrogen) atoms. The van der Waals surface area contributed by atoms with Crippen LogP contribution in [-0.2, 0) is 12.8 Å². The number of benzene rings is 11. The molecule has 11 aromatic carbocycles. The van der Waals surface area contributed by atoms with Crippen LogP contribution in [0.2, 0.25) is 0 Å². The average Bonchev–Trinajstić information content (AvgIpc) is 1.50. The number of hydrogen-bond acceptors (Lipinski definition) is 5. The van der Waals surface area contributed by atoms with Gasteiger partial charge in [-0.15, -0.1) is 0 Å². The highest BCUT2D eigenvalue weighted by Gasteiger charge is 2.35. The first kappa shape index (κ1) is 51.3. The van der Waals surface area contributed by atoms with E-state index in [1.54, 1.807) is 0 Å². The second-order valence-corrected chi connectivity index (χ2v) is 23.3. The number of para-hydroxylation sites is 6. The Hall–Kier alpha value is -11.1. The van der Waals surface area contributed by atoms with Crippen molar-refractivity contribution in [3.05, 3.63) is 302 Å². The molecule has 0 fully saturated rings. The fourth-order valence-electron chi connectivity index (χ4n) is 14.8. The number of furan rings is 2. The van der Waals surface area contributed by atoms with Gasteiger partial charge in [-0.2, -0.15) is 0 Å². The first-order valence-electron chi connectivity index (χ1n) is 30.7. The fourth-order valence-corrected chi connectivity index (χ4v) is 14.8. The number of rotatable bonds is 12. The van der Waals surface area contributed by atoms with Crippen LogP contribution in [0, 0.1) is 0 Å². The highest BCUT2D eigenvalue weighted by Crippen LogP contribution is 2.57. The highest BCUT2D eigenvalue weighted by atomic mass is 16.3. The summed E-state index contributed by atoms with van der Waals surface area (Å²) in [6.45, 7) is 12.9. The van der Waals surface area contributed by atoms with Gasteiger partial charge in [0.1, 0.15) is 11.2 Å². The third-order valence-electron chi connectivity index (χ3n) is 18.7. The van der Waals surface area contributed by atoms with Crippen molar-refractivity contribution in [3.63, 3.8) is 0 Å². The van der Waals surface area contributed by atoms with Crippen molar-refractivity contribution >= 4 is 110 Å². The minimum absolute atomic E-state index is 0.0107. The van der Waals surface area contributed by atoms with Gasteiger partial charge in [0.2, 0.25) is 0 Å². The van der Waals surface area contributed by atoms with Crippen LogP contribution >= 0.6 is 0 Å². The fraction of sp³-hybridized carbons (Fsp3) is 0.0732. The maximum atomic E-state index is 6.99. The van der Waals surface area contributed by atoms with Crippen molar-refractivity contribution in [2.24, 2.45) is 0 Å². The van der Waals surface area contributed by atoms with Crippen molar-refractivity contribution in [1.29, 1.82) is 0 Å². The Morgan fingerprint density at radius 2 is 1.09 bits per heavy atom. The first-order valence-corrected chi connectivity index (χ1v) is 30.7. The monoisotopic (exact) mass is 1130 g/mol. The minimum Gasteiger partial charge on any atom is -0.454 e. The van der Waals surface area contributed by atoms with Crippen LogP contribution < -0.4 is 15.1 Å². The highest BCUT2D eigenvalue weighted by molar-refractivity contribution is 6.32. The van der Waals surface area contributed by atoms with Gasteiger partial charge in [-0.05, 0) is 113 Å². The molecule has 1 unspecified atom stereocenters. The molecule has 0 amide bonds. The van der Waals surface area contributed by atoms with Crippen LogP contribution in [0.4, 0.5) is 28.4 Å². The number of fused-ring (bicyclic) bond motifs is 18. The number of aryl methyl sites for hydroxylation is 2. The normalized spacial score (nSPS) is 14.1. The van der Waals surface area contributed by atoms with Crippen LogP contribution in [0.25, 0.3) is 115 Å². The molecule has 6 nitrogen and oxygen atoms in total. The smallest absolute Gasteiger partial charge is 0.159 e. The van der Waals surface area contributed by atoms with E-state index in [2.05, 4.69) is 283 Å². The van der Waals surface area contributed by atoms with Gasteiger partial charge in [0, 0.05) is 101 Å². The molecule has 2 bridgehead atoms. The van der Waals surface area contributed by atoms with Crippen molar-refractivity contribution in [2.45, 2.75) is 39.0 Å². The zero-order valence-electron chi connectivity index (χ0n) is 49.0. The van der Waals surface area contributed by atoms with E-state index in [0.717, 1.165) is 136 Å².